The summed E-state index contributed by atoms with van der Waals surface area (Å²) in [4.78, 5) is 11.0. The third kappa shape index (κ3) is 2.90. The zero-order valence-corrected chi connectivity index (χ0v) is 8.53. The number of carbonyl (C=O) groups excluding carboxylic acids is 1. The van der Waals surface area contributed by atoms with Crippen LogP contribution in [0.4, 0.5) is 19.3 Å². The quantitative estimate of drug-likeness (QED) is 0.779. The molecule has 0 aromatic heterocycles. The van der Waals surface area contributed by atoms with E-state index in [1.807, 2.05) is 0 Å². The van der Waals surface area contributed by atoms with Crippen molar-refractivity contribution in [1.82, 2.24) is 5.32 Å². The molecule has 0 spiro atoms. The van der Waals surface area contributed by atoms with Crippen LogP contribution in [-0.2, 0) is 0 Å². The van der Waals surface area contributed by atoms with Crippen molar-refractivity contribution in [2.24, 2.45) is 0 Å². The first kappa shape index (κ1) is 11.4. The molecule has 1 aromatic rings. The number of anilines is 1. The van der Waals surface area contributed by atoms with Crippen molar-refractivity contribution in [2.75, 3.05) is 11.9 Å². The lowest BCUT2D eigenvalue weighted by atomic mass is 10.2. The van der Waals surface area contributed by atoms with Gasteiger partial charge < -0.3 is 10.6 Å². The molecule has 0 atom stereocenters. The first-order valence-electron chi connectivity index (χ1n) is 4.55. The highest BCUT2D eigenvalue weighted by Crippen LogP contribution is 2.18. The number of nitrogens with one attached hydrogen (secondary N) is 2. The van der Waals surface area contributed by atoms with Crippen molar-refractivity contribution < 1.29 is 13.6 Å². The summed E-state index contributed by atoms with van der Waals surface area (Å²) in [5.74, 6) is -1.21. The summed E-state index contributed by atoms with van der Waals surface area (Å²) in [6, 6.07) is 1.44. The third-order valence-electron chi connectivity index (χ3n) is 1.83. The van der Waals surface area contributed by atoms with Crippen LogP contribution in [0.15, 0.2) is 12.1 Å². The number of urea groups is 1. The van der Waals surface area contributed by atoms with Gasteiger partial charge in [0.25, 0.3) is 0 Å². The van der Waals surface area contributed by atoms with Crippen LogP contribution in [0.3, 0.4) is 0 Å². The molecule has 0 radical (unpaired) electrons. The van der Waals surface area contributed by atoms with Gasteiger partial charge in [-0.1, -0.05) is 0 Å². The summed E-state index contributed by atoms with van der Waals surface area (Å²) in [5, 5.41) is 4.63. The van der Waals surface area contributed by atoms with E-state index in [0.717, 1.165) is 12.1 Å². The van der Waals surface area contributed by atoms with E-state index < -0.39 is 17.7 Å². The van der Waals surface area contributed by atoms with Crippen LogP contribution < -0.4 is 10.6 Å². The summed E-state index contributed by atoms with van der Waals surface area (Å²) in [6.07, 6.45) is 0. The van der Waals surface area contributed by atoms with E-state index in [9.17, 15) is 13.6 Å². The van der Waals surface area contributed by atoms with E-state index in [0.29, 0.717) is 6.54 Å². The molecule has 2 N–H and O–H groups in total. The lowest BCUT2D eigenvalue weighted by molar-refractivity contribution is 0.252. The highest BCUT2D eigenvalue weighted by molar-refractivity contribution is 5.89. The van der Waals surface area contributed by atoms with E-state index in [1.54, 1.807) is 6.92 Å². The molecule has 0 fully saturated rings. The maximum Gasteiger partial charge on any atom is 0.319 e. The van der Waals surface area contributed by atoms with Gasteiger partial charge in [-0.3, -0.25) is 0 Å². The van der Waals surface area contributed by atoms with Gasteiger partial charge in [-0.15, -0.1) is 0 Å². The van der Waals surface area contributed by atoms with Crippen molar-refractivity contribution in [3.8, 4) is 0 Å². The molecule has 0 bridgehead atoms. The van der Waals surface area contributed by atoms with Gasteiger partial charge in [-0.2, -0.15) is 0 Å². The molecule has 0 aliphatic rings. The molecule has 3 nitrogen and oxygen atoms in total. The van der Waals surface area contributed by atoms with Crippen molar-refractivity contribution in [3.05, 3.63) is 29.3 Å². The lowest BCUT2D eigenvalue weighted by Gasteiger charge is -2.07. The third-order valence-corrected chi connectivity index (χ3v) is 1.83. The molecule has 0 unspecified atom stereocenters. The lowest BCUT2D eigenvalue weighted by Crippen LogP contribution is -2.28. The van der Waals surface area contributed by atoms with Crippen LogP contribution in [0, 0.1) is 18.6 Å². The number of hydrogen-bond acceptors (Lipinski definition) is 1. The van der Waals surface area contributed by atoms with E-state index in [2.05, 4.69) is 10.6 Å². The van der Waals surface area contributed by atoms with Gasteiger partial charge in [0, 0.05) is 12.6 Å². The van der Waals surface area contributed by atoms with Gasteiger partial charge in [0.2, 0.25) is 0 Å². The molecule has 82 valence electrons. The molecule has 0 aliphatic carbocycles. The Balaban J connectivity index is 2.86. The number of carbonyl (C=O) groups is 1. The minimum atomic E-state index is -0.653. The average molecular weight is 214 g/mol. The molecule has 0 saturated carbocycles. The van der Waals surface area contributed by atoms with Crippen molar-refractivity contribution in [2.45, 2.75) is 13.8 Å². The Morgan fingerprint density at radius 2 is 2.00 bits per heavy atom. The van der Waals surface area contributed by atoms with E-state index >= 15 is 0 Å². The SMILES string of the molecule is CCNC(=O)Nc1cc(F)c(C)cc1F. The van der Waals surface area contributed by atoms with Crippen molar-refractivity contribution >= 4 is 11.7 Å². The summed E-state index contributed by atoms with van der Waals surface area (Å²) < 4.78 is 26.3. The van der Waals surface area contributed by atoms with Crippen LogP contribution in [0.25, 0.3) is 0 Å². The Bertz CT molecular complexity index is 380. The normalized spacial score (nSPS) is 9.87. The highest BCUT2D eigenvalue weighted by Gasteiger charge is 2.09. The van der Waals surface area contributed by atoms with Gasteiger partial charge in [-0.05, 0) is 25.5 Å². The number of hydrogen-bond donors (Lipinski definition) is 2. The maximum absolute atomic E-state index is 13.2. The van der Waals surface area contributed by atoms with Gasteiger partial charge in [0.15, 0.2) is 0 Å². The fourth-order valence-electron chi connectivity index (χ4n) is 1.07. The van der Waals surface area contributed by atoms with Crippen LogP contribution in [-0.4, -0.2) is 12.6 Å². The summed E-state index contributed by atoms with van der Waals surface area (Å²) in [6.45, 7) is 3.60. The number of amides is 2. The Morgan fingerprint density at radius 1 is 1.33 bits per heavy atom. The first-order valence-corrected chi connectivity index (χ1v) is 4.55. The fraction of sp³-hybridized carbons (Fsp3) is 0.300. The molecular formula is C10H12F2N2O. The predicted molar refractivity (Wildman–Crippen MR) is 53.8 cm³/mol. The summed E-state index contributed by atoms with van der Waals surface area (Å²) in [7, 11) is 0. The second kappa shape index (κ2) is 4.72. The highest BCUT2D eigenvalue weighted by atomic mass is 19.1. The minimum absolute atomic E-state index is 0.163. The topological polar surface area (TPSA) is 41.1 Å². The first-order chi connectivity index (χ1) is 7.04. The van der Waals surface area contributed by atoms with E-state index in [-0.39, 0.29) is 11.3 Å². The number of benzene rings is 1. The number of halogens is 2. The fourth-order valence-corrected chi connectivity index (χ4v) is 1.07. The summed E-state index contributed by atoms with van der Waals surface area (Å²) in [5.41, 5.74) is 0.0398. The smallest absolute Gasteiger partial charge is 0.319 e. The van der Waals surface area contributed by atoms with Gasteiger partial charge in [-0.25, -0.2) is 13.6 Å². The van der Waals surface area contributed by atoms with Gasteiger partial charge >= 0.3 is 6.03 Å². The minimum Gasteiger partial charge on any atom is -0.338 e. The van der Waals surface area contributed by atoms with E-state index in [1.165, 1.54) is 6.92 Å². The second-order valence-electron chi connectivity index (χ2n) is 3.07. The Morgan fingerprint density at radius 3 is 2.60 bits per heavy atom. The molecule has 0 saturated heterocycles. The Kier molecular flexibility index (Phi) is 3.60. The molecule has 1 aromatic carbocycles. The predicted octanol–water partition coefficient (Wildman–Crippen LogP) is 2.41. The molecule has 1 rings (SSSR count). The molecule has 15 heavy (non-hydrogen) atoms. The zero-order valence-electron chi connectivity index (χ0n) is 8.53. The van der Waals surface area contributed by atoms with Gasteiger partial charge in [0.1, 0.15) is 11.6 Å². The molecular weight excluding hydrogens is 202 g/mol. The van der Waals surface area contributed by atoms with Crippen molar-refractivity contribution in [1.29, 1.82) is 0 Å². The monoisotopic (exact) mass is 214 g/mol. The van der Waals surface area contributed by atoms with E-state index in [4.69, 9.17) is 0 Å². The van der Waals surface area contributed by atoms with Crippen LogP contribution in [0.1, 0.15) is 12.5 Å². The largest absolute Gasteiger partial charge is 0.338 e. The number of aryl methyl sites for hydroxylation is 1. The zero-order chi connectivity index (χ0) is 11.4. The standard InChI is InChI=1S/C10H12F2N2O/c1-3-13-10(15)14-9-5-7(11)6(2)4-8(9)12/h4-5H,3H2,1-2H3,(H2,13,14,15). The number of rotatable bonds is 2. The molecule has 0 heterocycles. The maximum atomic E-state index is 13.2. The van der Waals surface area contributed by atoms with Gasteiger partial charge in [0.05, 0.1) is 5.69 Å². The Hall–Kier alpha value is -1.65. The molecule has 0 aliphatic heterocycles. The van der Waals surface area contributed by atoms with Crippen LogP contribution in [0.5, 0.6) is 0 Å². The molecule has 2 amide bonds. The van der Waals surface area contributed by atoms with Crippen LogP contribution >= 0.6 is 0 Å². The Labute approximate surface area is 86.5 Å². The van der Waals surface area contributed by atoms with Crippen molar-refractivity contribution in [3.63, 3.8) is 0 Å². The average Bonchev–Trinajstić information content (AvgIpc) is 2.14. The molecule has 5 heteroatoms. The summed E-state index contributed by atoms with van der Waals surface area (Å²) >= 11 is 0. The van der Waals surface area contributed by atoms with Crippen LogP contribution in [0.2, 0.25) is 0 Å². The second-order valence-corrected chi connectivity index (χ2v) is 3.07.